The van der Waals surface area contributed by atoms with E-state index in [0.29, 0.717) is 6.04 Å². The van der Waals surface area contributed by atoms with Gasteiger partial charge in [0.2, 0.25) is 0 Å². The summed E-state index contributed by atoms with van der Waals surface area (Å²) in [5, 5.41) is 3.74. The summed E-state index contributed by atoms with van der Waals surface area (Å²) in [5.41, 5.74) is 2.90. The fourth-order valence-corrected chi connectivity index (χ4v) is 3.31. The highest BCUT2D eigenvalue weighted by Gasteiger charge is 2.14. The van der Waals surface area contributed by atoms with E-state index >= 15 is 0 Å². The molecule has 0 aromatic heterocycles. The summed E-state index contributed by atoms with van der Waals surface area (Å²) >= 11 is 2.51. The van der Waals surface area contributed by atoms with Crippen molar-refractivity contribution in [1.29, 1.82) is 0 Å². The first-order valence-corrected chi connectivity index (χ1v) is 9.27. The normalized spacial score (nSPS) is 12.6. The molecule has 0 fully saturated rings. The third-order valence-electron chi connectivity index (χ3n) is 3.83. The largest absolute Gasteiger partial charge is 0.310 e. The maximum Gasteiger partial charge on any atom is 0.0330 e. The van der Waals surface area contributed by atoms with Gasteiger partial charge in [0.05, 0.1) is 0 Å². The van der Waals surface area contributed by atoms with E-state index in [1.165, 1.54) is 59.6 Å². The van der Waals surface area contributed by atoms with Crippen LogP contribution < -0.4 is 5.32 Å². The molecule has 2 heteroatoms. The summed E-state index contributed by atoms with van der Waals surface area (Å²) in [6.07, 6.45) is 9.29. The average molecular weight is 387 g/mol. The lowest BCUT2D eigenvalue weighted by Gasteiger charge is -2.21. The molecule has 0 saturated heterocycles. The minimum absolute atomic E-state index is 0.531. The topological polar surface area (TPSA) is 12.0 Å². The second kappa shape index (κ2) is 10.6. The predicted octanol–water partition coefficient (Wildman–Crippen LogP) is 6.00. The Morgan fingerprint density at radius 1 is 1.05 bits per heavy atom. The molecular formula is C18H30IN. The molecule has 114 valence electrons. The minimum atomic E-state index is 0.531. The van der Waals surface area contributed by atoms with Crippen molar-refractivity contribution in [2.75, 3.05) is 6.54 Å². The third kappa shape index (κ3) is 6.13. The Bertz CT molecular complexity index is 376. The van der Waals surface area contributed by atoms with Gasteiger partial charge in [-0.25, -0.2) is 0 Å². The predicted molar refractivity (Wildman–Crippen MR) is 98.3 cm³/mol. The average Bonchev–Trinajstić information content (AvgIpc) is 2.45. The molecule has 1 N–H and O–H groups in total. The van der Waals surface area contributed by atoms with Gasteiger partial charge in [0, 0.05) is 9.61 Å². The number of benzene rings is 1. The molecule has 0 bridgehead atoms. The van der Waals surface area contributed by atoms with E-state index in [2.05, 4.69) is 66.9 Å². The maximum atomic E-state index is 3.74. The molecule has 1 aromatic rings. The van der Waals surface area contributed by atoms with Crippen molar-refractivity contribution < 1.29 is 0 Å². The van der Waals surface area contributed by atoms with Crippen molar-refractivity contribution in [1.82, 2.24) is 5.32 Å². The molecule has 1 nitrogen and oxygen atoms in total. The Morgan fingerprint density at radius 2 is 1.80 bits per heavy atom. The second-order valence-corrected chi connectivity index (χ2v) is 6.77. The number of rotatable bonds is 10. The fraction of sp³-hybridized carbons (Fsp3) is 0.667. The monoisotopic (exact) mass is 387 g/mol. The highest BCUT2D eigenvalue weighted by molar-refractivity contribution is 14.1. The molecule has 1 rings (SSSR count). The van der Waals surface area contributed by atoms with Gasteiger partial charge in [0.1, 0.15) is 0 Å². The van der Waals surface area contributed by atoms with Crippen LogP contribution in [0, 0.1) is 10.5 Å². The van der Waals surface area contributed by atoms with Crippen LogP contribution >= 0.6 is 22.6 Å². The second-order valence-electron chi connectivity index (χ2n) is 5.69. The number of unbranched alkanes of at least 4 members (excludes halogenated alkanes) is 4. The van der Waals surface area contributed by atoms with E-state index < -0.39 is 0 Å². The molecule has 0 aliphatic heterocycles. The van der Waals surface area contributed by atoms with Crippen LogP contribution in [0.4, 0.5) is 0 Å². The van der Waals surface area contributed by atoms with E-state index in [4.69, 9.17) is 0 Å². The van der Waals surface area contributed by atoms with Crippen LogP contribution in [0.2, 0.25) is 0 Å². The first-order valence-electron chi connectivity index (χ1n) is 8.19. The van der Waals surface area contributed by atoms with E-state index in [-0.39, 0.29) is 0 Å². The van der Waals surface area contributed by atoms with Crippen LogP contribution in [0.1, 0.15) is 76.0 Å². The van der Waals surface area contributed by atoms with Gasteiger partial charge in [0.15, 0.2) is 0 Å². The smallest absolute Gasteiger partial charge is 0.0330 e. The lowest BCUT2D eigenvalue weighted by atomic mass is 9.98. The van der Waals surface area contributed by atoms with E-state index in [9.17, 15) is 0 Å². The highest BCUT2D eigenvalue weighted by atomic mass is 127. The molecule has 0 saturated carbocycles. The molecule has 0 aliphatic rings. The van der Waals surface area contributed by atoms with Gasteiger partial charge in [-0.15, -0.1) is 0 Å². The van der Waals surface area contributed by atoms with Crippen molar-refractivity contribution in [3.05, 3.63) is 32.9 Å². The van der Waals surface area contributed by atoms with Gasteiger partial charge in [-0.2, -0.15) is 0 Å². The van der Waals surface area contributed by atoms with Crippen molar-refractivity contribution in [3.8, 4) is 0 Å². The van der Waals surface area contributed by atoms with Crippen LogP contribution in [0.5, 0.6) is 0 Å². The third-order valence-corrected chi connectivity index (χ3v) is 5.31. The molecule has 1 aromatic carbocycles. The lowest BCUT2D eigenvalue weighted by Crippen LogP contribution is -2.23. The van der Waals surface area contributed by atoms with Gasteiger partial charge in [-0.1, -0.05) is 64.2 Å². The molecule has 0 spiro atoms. The zero-order valence-electron chi connectivity index (χ0n) is 13.3. The Balaban J connectivity index is 2.61. The van der Waals surface area contributed by atoms with Crippen molar-refractivity contribution in [2.45, 2.75) is 71.8 Å². The molecule has 0 amide bonds. The van der Waals surface area contributed by atoms with Gasteiger partial charge in [-0.05, 0) is 60.0 Å². The summed E-state index contributed by atoms with van der Waals surface area (Å²) < 4.78 is 1.44. The van der Waals surface area contributed by atoms with Gasteiger partial charge < -0.3 is 5.32 Å². The summed E-state index contributed by atoms with van der Waals surface area (Å²) in [7, 11) is 0. The summed E-state index contributed by atoms with van der Waals surface area (Å²) in [6, 6.07) is 7.24. The molecular weight excluding hydrogens is 357 g/mol. The molecule has 1 atom stereocenters. The molecule has 0 aliphatic carbocycles. The Hall–Kier alpha value is -0.0900. The highest BCUT2D eigenvalue weighted by Crippen LogP contribution is 2.27. The number of aryl methyl sites for hydroxylation is 1. The zero-order valence-corrected chi connectivity index (χ0v) is 15.5. The number of nitrogens with one attached hydrogen (secondary N) is 1. The zero-order chi connectivity index (χ0) is 14.8. The summed E-state index contributed by atoms with van der Waals surface area (Å²) in [4.78, 5) is 0. The van der Waals surface area contributed by atoms with Gasteiger partial charge in [0.25, 0.3) is 0 Å². The van der Waals surface area contributed by atoms with E-state index in [0.717, 1.165) is 6.54 Å². The lowest BCUT2D eigenvalue weighted by molar-refractivity contribution is 0.466. The van der Waals surface area contributed by atoms with Gasteiger partial charge in [-0.3, -0.25) is 0 Å². The van der Waals surface area contributed by atoms with Crippen LogP contribution in [0.15, 0.2) is 18.2 Å². The van der Waals surface area contributed by atoms with Crippen LogP contribution in [0.25, 0.3) is 0 Å². The number of hydrogen-bond acceptors (Lipinski definition) is 1. The van der Waals surface area contributed by atoms with Crippen molar-refractivity contribution >= 4 is 22.6 Å². The molecule has 1 unspecified atom stereocenters. The maximum absolute atomic E-state index is 3.74. The Labute approximate surface area is 139 Å². The van der Waals surface area contributed by atoms with E-state index in [1.807, 2.05) is 0 Å². The Morgan fingerprint density at radius 3 is 2.50 bits per heavy atom. The first-order chi connectivity index (χ1) is 9.70. The Kier molecular flexibility index (Phi) is 9.53. The standard InChI is InChI=1S/C18H30IN/c1-4-6-7-8-9-13-17(20-14-5-2)16-12-10-11-15(3)18(16)19/h10-12,17,20H,4-9,13-14H2,1-3H3. The quantitative estimate of drug-likeness (QED) is 0.383. The van der Waals surface area contributed by atoms with Crippen molar-refractivity contribution in [3.63, 3.8) is 0 Å². The molecule has 20 heavy (non-hydrogen) atoms. The summed E-state index contributed by atoms with van der Waals surface area (Å²) in [5.74, 6) is 0. The van der Waals surface area contributed by atoms with E-state index in [1.54, 1.807) is 0 Å². The fourth-order valence-electron chi connectivity index (χ4n) is 2.58. The molecule has 0 radical (unpaired) electrons. The number of hydrogen-bond donors (Lipinski definition) is 1. The van der Waals surface area contributed by atoms with Crippen molar-refractivity contribution in [2.24, 2.45) is 0 Å². The number of halogens is 1. The summed E-state index contributed by atoms with van der Waals surface area (Å²) in [6.45, 7) is 7.85. The van der Waals surface area contributed by atoms with Crippen LogP contribution in [0.3, 0.4) is 0 Å². The minimum Gasteiger partial charge on any atom is -0.310 e. The van der Waals surface area contributed by atoms with Gasteiger partial charge >= 0.3 is 0 Å². The SMILES string of the molecule is CCCCCCCC(NCCC)c1cccc(C)c1I. The van der Waals surface area contributed by atoms with Crippen LogP contribution in [-0.4, -0.2) is 6.54 Å². The van der Waals surface area contributed by atoms with Crippen LogP contribution in [-0.2, 0) is 0 Å². The molecule has 0 heterocycles. The first kappa shape index (κ1) is 18.0.